The summed E-state index contributed by atoms with van der Waals surface area (Å²) in [7, 11) is 2.18. The van der Waals surface area contributed by atoms with E-state index >= 15 is 0 Å². The van der Waals surface area contributed by atoms with Crippen LogP contribution in [0.15, 0.2) is 54.7 Å². The van der Waals surface area contributed by atoms with E-state index in [1.54, 1.807) is 0 Å². The molecule has 1 aliphatic heterocycles. The van der Waals surface area contributed by atoms with Crippen molar-refractivity contribution in [2.24, 2.45) is 18.9 Å². The van der Waals surface area contributed by atoms with Gasteiger partial charge in [-0.3, -0.25) is 0 Å². The third-order valence-corrected chi connectivity index (χ3v) is 9.19. The van der Waals surface area contributed by atoms with E-state index < -0.39 is 0 Å². The molecule has 7 rings (SSSR count). The van der Waals surface area contributed by atoms with Crippen LogP contribution in [0.25, 0.3) is 43.6 Å². The molecular weight excluding hydrogens is 462 g/mol. The third-order valence-electron chi connectivity index (χ3n) is 9.19. The van der Waals surface area contributed by atoms with Gasteiger partial charge < -0.3 is 4.74 Å². The van der Waals surface area contributed by atoms with Gasteiger partial charge >= 0.3 is 0 Å². The van der Waals surface area contributed by atoms with Crippen LogP contribution in [-0.2, 0) is 19.9 Å². The van der Waals surface area contributed by atoms with Gasteiger partial charge in [-0.1, -0.05) is 75.9 Å². The number of hydrogen-bond acceptors (Lipinski definition) is 1. The van der Waals surface area contributed by atoms with Crippen LogP contribution in [0.2, 0.25) is 0 Å². The van der Waals surface area contributed by atoms with Crippen LogP contribution in [0.5, 0.6) is 11.5 Å². The highest BCUT2D eigenvalue weighted by Gasteiger charge is 2.32. The lowest BCUT2D eigenvalue weighted by Crippen LogP contribution is -2.32. The second kappa shape index (κ2) is 8.83. The van der Waals surface area contributed by atoms with Crippen molar-refractivity contribution in [3.8, 4) is 22.8 Å². The largest absolute Gasteiger partial charge is 0.455 e. The van der Waals surface area contributed by atoms with Crippen molar-refractivity contribution in [2.75, 3.05) is 0 Å². The quantitative estimate of drug-likeness (QED) is 0.174. The molecule has 2 heterocycles. The highest BCUT2D eigenvalue weighted by Crippen LogP contribution is 2.51. The second-order valence-corrected chi connectivity index (χ2v) is 12.4. The van der Waals surface area contributed by atoms with Gasteiger partial charge in [0.05, 0.1) is 10.9 Å². The Balaban J connectivity index is 1.48. The topological polar surface area (TPSA) is 13.1 Å². The van der Waals surface area contributed by atoms with Gasteiger partial charge in [-0.15, -0.1) is 0 Å². The summed E-state index contributed by atoms with van der Waals surface area (Å²) < 4.78 is 9.15. The summed E-state index contributed by atoms with van der Waals surface area (Å²) in [5.41, 5.74) is 7.96. The summed E-state index contributed by atoms with van der Waals surface area (Å²) >= 11 is 0. The molecule has 192 valence electrons. The van der Waals surface area contributed by atoms with Crippen LogP contribution in [-0.4, -0.2) is 0 Å². The molecule has 2 heteroatoms. The predicted molar refractivity (Wildman–Crippen MR) is 159 cm³/mol. The predicted octanol–water partition coefficient (Wildman–Crippen LogP) is 9.29. The van der Waals surface area contributed by atoms with Gasteiger partial charge in [-0.25, -0.2) is 4.57 Å². The maximum absolute atomic E-state index is 6.85. The van der Waals surface area contributed by atoms with Crippen LogP contribution >= 0.6 is 0 Å². The Bertz CT molecular complexity index is 1750. The Kier molecular flexibility index (Phi) is 5.51. The number of hydrogen-bond donors (Lipinski definition) is 0. The molecule has 1 fully saturated rings. The maximum atomic E-state index is 6.85. The molecule has 1 aliphatic carbocycles. The molecule has 0 N–H and O–H groups in total. The lowest BCUT2D eigenvalue weighted by Gasteiger charge is -2.25. The molecule has 1 aromatic heterocycles. The summed E-state index contributed by atoms with van der Waals surface area (Å²) in [5, 5.41) is 7.80. The Hall–Kier alpha value is -3.39. The summed E-state index contributed by atoms with van der Waals surface area (Å²) in [6.07, 6.45) is 10.1. The number of pyridine rings is 1. The average molecular weight is 501 g/mol. The zero-order valence-corrected chi connectivity index (χ0v) is 23.4. The van der Waals surface area contributed by atoms with Gasteiger partial charge in [-0.2, -0.15) is 0 Å². The van der Waals surface area contributed by atoms with E-state index in [4.69, 9.17) is 4.74 Å². The summed E-state index contributed by atoms with van der Waals surface area (Å²) in [4.78, 5) is 0. The lowest BCUT2D eigenvalue weighted by molar-refractivity contribution is -0.659. The first kappa shape index (κ1) is 23.7. The van der Waals surface area contributed by atoms with Gasteiger partial charge in [0, 0.05) is 17.0 Å². The fraction of sp³-hybridized carbons (Fsp3) is 0.361. The van der Waals surface area contributed by atoms with Gasteiger partial charge in [0.1, 0.15) is 18.5 Å². The molecule has 0 unspecified atom stereocenters. The van der Waals surface area contributed by atoms with Crippen molar-refractivity contribution >= 4 is 32.3 Å². The average Bonchev–Trinajstić information content (AvgIpc) is 3.41. The first-order valence-corrected chi connectivity index (χ1v) is 14.5. The zero-order valence-electron chi connectivity index (χ0n) is 23.4. The van der Waals surface area contributed by atoms with Crippen LogP contribution < -0.4 is 9.30 Å². The molecule has 1 saturated carbocycles. The van der Waals surface area contributed by atoms with E-state index in [1.165, 1.54) is 97.9 Å². The van der Waals surface area contributed by atoms with Crippen molar-refractivity contribution in [3.63, 3.8) is 0 Å². The van der Waals surface area contributed by atoms with Gasteiger partial charge in [-0.05, 0) is 82.8 Å². The van der Waals surface area contributed by atoms with Crippen molar-refractivity contribution in [3.05, 3.63) is 77.0 Å². The monoisotopic (exact) mass is 500 g/mol. The molecule has 0 amide bonds. The standard InChI is InChI=1S/C36H38NO/c1-21(2)16-25-11-13-28-23(4)36-33(22(3)30(28)18-25)35-34-29(14-15-37(35)5)31-19-26(17-24-8-6-7-9-24)10-12-27(31)20-32(34)38-36/h10-15,18-21,24H,6-9,16-17H2,1-5H3/q+1. The van der Waals surface area contributed by atoms with Crippen molar-refractivity contribution < 1.29 is 9.30 Å². The summed E-state index contributed by atoms with van der Waals surface area (Å²) in [6, 6.07) is 18.7. The molecule has 0 spiro atoms. The van der Waals surface area contributed by atoms with E-state index in [2.05, 4.69) is 94.0 Å². The molecule has 0 radical (unpaired) electrons. The minimum absolute atomic E-state index is 0.639. The molecule has 0 bridgehead atoms. The molecular formula is C36H38NO+. The first-order chi connectivity index (χ1) is 18.4. The summed E-state index contributed by atoms with van der Waals surface area (Å²) in [6.45, 7) is 9.10. The number of rotatable bonds is 4. The van der Waals surface area contributed by atoms with Crippen LogP contribution in [0, 0.1) is 25.7 Å². The highest BCUT2D eigenvalue weighted by atomic mass is 16.5. The van der Waals surface area contributed by atoms with Crippen molar-refractivity contribution in [2.45, 2.75) is 66.2 Å². The van der Waals surface area contributed by atoms with Crippen LogP contribution in [0.1, 0.15) is 61.8 Å². The number of benzene rings is 4. The van der Waals surface area contributed by atoms with Crippen molar-refractivity contribution in [1.82, 2.24) is 0 Å². The number of nitrogens with zero attached hydrogens (tertiary/aromatic N) is 1. The van der Waals surface area contributed by atoms with Gasteiger partial charge in [0.25, 0.3) is 0 Å². The number of aromatic nitrogens is 1. The molecule has 2 nitrogen and oxygen atoms in total. The van der Waals surface area contributed by atoms with Crippen LogP contribution in [0.4, 0.5) is 0 Å². The maximum Gasteiger partial charge on any atom is 0.228 e. The molecule has 38 heavy (non-hydrogen) atoms. The number of fused-ring (bicyclic) bond motifs is 5. The SMILES string of the molecule is Cc1c2c(c(C)c3cc(CC(C)C)ccc13)-c1c3c(cc4ccc(CC5CCCC5)cc4c3cc[n+]1C)O2. The van der Waals surface area contributed by atoms with E-state index in [-0.39, 0.29) is 0 Å². The minimum atomic E-state index is 0.639. The summed E-state index contributed by atoms with van der Waals surface area (Å²) in [5.74, 6) is 3.48. The first-order valence-electron chi connectivity index (χ1n) is 14.5. The molecule has 4 aromatic carbocycles. The molecule has 0 atom stereocenters. The smallest absolute Gasteiger partial charge is 0.228 e. The Morgan fingerprint density at radius 3 is 2.39 bits per heavy atom. The fourth-order valence-corrected chi connectivity index (χ4v) is 7.32. The second-order valence-electron chi connectivity index (χ2n) is 12.4. The Morgan fingerprint density at radius 1 is 0.842 bits per heavy atom. The Labute approximate surface area is 226 Å². The normalized spacial score (nSPS) is 15.1. The van der Waals surface area contributed by atoms with Crippen LogP contribution in [0.3, 0.4) is 0 Å². The van der Waals surface area contributed by atoms with E-state index in [1.807, 2.05) is 0 Å². The third kappa shape index (κ3) is 3.64. The lowest BCUT2D eigenvalue weighted by atomic mass is 9.87. The fourth-order valence-electron chi connectivity index (χ4n) is 7.32. The number of aryl methyl sites for hydroxylation is 3. The number of ether oxygens (including phenoxy) is 1. The van der Waals surface area contributed by atoms with Gasteiger partial charge in [0.2, 0.25) is 5.69 Å². The highest BCUT2D eigenvalue weighted by molar-refractivity contribution is 6.16. The van der Waals surface area contributed by atoms with Gasteiger partial charge in [0.15, 0.2) is 6.20 Å². The Morgan fingerprint density at radius 2 is 1.61 bits per heavy atom. The minimum Gasteiger partial charge on any atom is -0.455 e. The van der Waals surface area contributed by atoms with Crippen molar-refractivity contribution in [1.29, 1.82) is 0 Å². The molecule has 0 saturated heterocycles. The zero-order chi connectivity index (χ0) is 26.1. The van der Waals surface area contributed by atoms with E-state index in [9.17, 15) is 0 Å². The molecule has 5 aromatic rings. The van der Waals surface area contributed by atoms with E-state index in [0.717, 1.165) is 23.8 Å². The molecule has 2 aliphatic rings. The van der Waals surface area contributed by atoms with E-state index in [0.29, 0.717) is 5.92 Å².